The van der Waals surface area contributed by atoms with E-state index in [1.807, 2.05) is 24.3 Å². The average molecular weight is 689 g/mol. The first-order valence-corrected chi connectivity index (χ1v) is 18.2. The lowest BCUT2D eigenvalue weighted by molar-refractivity contribution is 0.669. The van der Waals surface area contributed by atoms with Crippen LogP contribution in [0.2, 0.25) is 0 Å². The van der Waals surface area contributed by atoms with Gasteiger partial charge in [-0.25, -0.2) is 15.0 Å². The number of rotatable bonds is 3. The summed E-state index contributed by atoms with van der Waals surface area (Å²) >= 11 is 0. The molecule has 0 aliphatic carbocycles. The number of aromatic nitrogens is 4. The fourth-order valence-corrected chi connectivity index (χ4v) is 8.67. The van der Waals surface area contributed by atoms with Crippen molar-refractivity contribution >= 4 is 87.1 Å². The number of para-hydroxylation sites is 3. The number of fused-ring (bicyclic) bond motifs is 13. The van der Waals surface area contributed by atoms with Gasteiger partial charge in [-0.15, -0.1) is 0 Å². The summed E-state index contributed by atoms with van der Waals surface area (Å²) in [6, 6.07) is 59.4. The Bertz CT molecular complexity index is 3510. The molecule has 12 rings (SSSR count). The molecule has 4 heterocycles. The molecule has 0 aliphatic rings. The first kappa shape index (κ1) is 29.2. The molecule has 0 saturated heterocycles. The number of pyridine rings is 1. The molecule has 12 aromatic rings. The SMILES string of the molecule is c1ccc(-c2nc(-n3c4ccccc4c4cc(-c5nc6ccc7oc8ccccc8c7c6c6ccccc56)c5ccccc5c43)nc3ccccc23)cc1. The molecular formula is C49H28N4O. The summed E-state index contributed by atoms with van der Waals surface area (Å²) in [5, 5.41) is 11.1. The molecule has 54 heavy (non-hydrogen) atoms. The third kappa shape index (κ3) is 4.06. The highest BCUT2D eigenvalue weighted by Crippen LogP contribution is 2.45. The topological polar surface area (TPSA) is 56.7 Å². The Morgan fingerprint density at radius 3 is 1.91 bits per heavy atom. The lowest BCUT2D eigenvalue weighted by Crippen LogP contribution is -2.04. The third-order valence-corrected chi connectivity index (χ3v) is 11.0. The summed E-state index contributed by atoms with van der Waals surface area (Å²) in [4.78, 5) is 16.1. The van der Waals surface area contributed by atoms with Crippen molar-refractivity contribution in [1.29, 1.82) is 0 Å². The predicted octanol–water partition coefficient (Wildman–Crippen LogP) is 12.8. The van der Waals surface area contributed by atoms with Crippen molar-refractivity contribution in [2.45, 2.75) is 0 Å². The zero-order valence-corrected chi connectivity index (χ0v) is 28.9. The monoisotopic (exact) mass is 688 g/mol. The Morgan fingerprint density at radius 1 is 0.389 bits per heavy atom. The van der Waals surface area contributed by atoms with Gasteiger partial charge in [0, 0.05) is 54.2 Å². The molecule has 5 heteroatoms. The summed E-state index contributed by atoms with van der Waals surface area (Å²) in [6.07, 6.45) is 0. The average Bonchev–Trinajstić information content (AvgIpc) is 3.79. The summed E-state index contributed by atoms with van der Waals surface area (Å²) in [6.45, 7) is 0. The molecule has 0 radical (unpaired) electrons. The van der Waals surface area contributed by atoms with Gasteiger partial charge in [-0.1, -0.05) is 133 Å². The van der Waals surface area contributed by atoms with Gasteiger partial charge in [-0.05, 0) is 47.2 Å². The maximum Gasteiger partial charge on any atom is 0.235 e. The first-order chi connectivity index (χ1) is 26.8. The van der Waals surface area contributed by atoms with E-state index in [0.717, 1.165) is 110 Å². The van der Waals surface area contributed by atoms with Crippen molar-refractivity contribution in [3.8, 4) is 28.5 Å². The molecule has 4 aromatic heterocycles. The number of hydrogen-bond donors (Lipinski definition) is 0. The van der Waals surface area contributed by atoms with Crippen LogP contribution in [0.25, 0.3) is 116 Å². The van der Waals surface area contributed by atoms with Crippen LogP contribution in [-0.4, -0.2) is 19.5 Å². The Labute approximate surface area is 308 Å². The molecule has 8 aromatic carbocycles. The normalized spacial score (nSPS) is 12.1. The lowest BCUT2D eigenvalue weighted by Gasteiger charge is -2.15. The largest absolute Gasteiger partial charge is 0.456 e. The number of benzene rings is 8. The van der Waals surface area contributed by atoms with Gasteiger partial charge in [0.1, 0.15) is 11.2 Å². The van der Waals surface area contributed by atoms with Gasteiger partial charge < -0.3 is 4.42 Å². The highest BCUT2D eigenvalue weighted by Gasteiger charge is 2.23. The second kappa shape index (κ2) is 11.1. The maximum absolute atomic E-state index is 6.33. The fourth-order valence-electron chi connectivity index (χ4n) is 8.67. The minimum absolute atomic E-state index is 0.641. The maximum atomic E-state index is 6.33. The predicted molar refractivity (Wildman–Crippen MR) is 222 cm³/mol. The lowest BCUT2D eigenvalue weighted by atomic mass is 9.93. The summed E-state index contributed by atoms with van der Waals surface area (Å²) < 4.78 is 8.58. The van der Waals surface area contributed by atoms with Crippen LogP contribution in [0.3, 0.4) is 0 Å². The molecule has 0 N–H and O–H groups in total. The van der Waals surface area contributed by atoms with Gasteiger partial charge in [0.25, 0.3) is 0 Å². The van der Waals surface area contributed by atoms with Crippen LogP contribution in [0, 0.1) is 0 Å². The Kier molecular flexibility index (Phi) is 5.99. The minimum atomic E-state index is 0.641. The van der Waals surface area contributed by atoms with Crippen molar-refractivity contribution < 1.29 is 4.42 Å². The molecule has 5 nitrogen and oxygen atoms in total. The molecule has 0 unspecified atom stereocenters. The van der Waals surface area contributed by atoms with Crippen LogP contribution < -0.4 is 0 Å². The van der Waals surface area contributed by atoms with Crippen LogP contribution >= 0.6 is 0 Å². The van der Waals surface area contributed by atoms with E-state index in [9.17, 15) is 0 Å². The van der Waals surface area contributed by atoms with Gasteiger partial charge >= 0.3 is 0 Å². The molecule has 0 fully saturated rings. The van der Waals surface area contributed by atoms with Gasteiger partial charge in [-0.2, -0.15) is 0 Å². The first-order valence-electron chi connectivity index (χ1n) is 18.2. The van der Waals surface area contributed by atoms with Crippen LogP contribution in [0.15, 0.2) is 174 Å². The molecule has 0 saturated carbocycles. The van der Waals surface area contributed by atoms with Gasteiger partial charge in [0.05, 0.1) is 33.5 Å². The Morgan fingerprint density at radius 2 is 1.06 bits per heavy atom. The second-order valence-electron chi connectivity index (χ2n) is 13.9. The molecule has 0 spiro atoms. The van der Waals surface area contributed by atoms with Crippen molar-refractivity contribution in [3.63, 3.8) is 0 Å². The van der Waals surface area contributed by atoms with E-state index in [0.29, 0.717) is 5.95 Å². The molecule has 0 amide bonds. The molecular weight excluding hydrogens is 661 g/mol. The van der Waals surface area contributed by atoms with Gasteiger partial charge in [-0.3, -0.25) is 4.57 Å². The summed E-state index contributed by atoms with van der Waals surface area (Å²) in [7, 11) is 0. The van der Waals surface area contributed by atoms with E-state index in [2.05, 4.69) is 150 Å². The van der Waals surface area contributed by atoms with Gasteiger partial charge in [0.15, 0.2) is 0 Å². The van der Waals surface area contributed by atoms with E-state index in [-0.39, 0.29) is 0 Å². The number of furan rings is 1. The Balaban J connectivity index is 1.20. The van der Waals surface area contributed by atoms with Crippen molar-refractivity contribution in [1.82, 2.24) is 19.5 Å². The zero-order valence-electron chi connectivity index (χ0n) is 28.9. The molecule has 250 valence electrons. The van der Waals surface area contributed by atoms with Gasteiger partial charge in [0.2, 0.25) is 5.95 Å². The number of hydrogen-bond acceptors (Lipinski definition) is 4. The number of nitrogens with zero attached hydrogens (tertiary/aromatic N) is 4. The highest BCUT2D eigenvalue weighted by molar-refractivity contribution is 6.29. The van der Waals surface area contributed by atoms with Crippen molar-refractivity contribution in [2.24, 2.45) is 0 Å². The second-order valence-corrected chi connectivity index (χ2v) is 13.9. The van der Waals surface area contributed by atoms with E-state index in [1.165, 1.54) is 0 Å². The van der Waals surface area contributed by atoms with E-state index < -0.39 is 0 Å². The molecule has 0 aliphatic heterocycles. The Hall–Kier alpha value is -7.37. The smallest absolute Gasteiger partial charge is 0.235 e. The van der Waals surface area contributed by atoms with Crippen molar-refractivity contribution in [3.05, 3.63) is 170 Å². The minimum Gasteiger partial charge on any atom is -0.456 e. The van der Waals surface area contributed by atoms with E-state index in [4.69, 9.17) is 19.4 Å². The molecule has 0 bridgehead atoms. The van der Waals surface area contributed by atoms with Crippen LogP contribution in [0.5, 0.6) is 0 Å². The van der Waals surface area contributed by atoms with Crippen molar-refractivity contribution in [2.75, 3.05) is 0 Å². The van der Waals surface area contributed by atoms with Crippen LogP contribution in [-0.2, 0) is 0 Å². The summed E-state index contributed by atoms with van der Waals surface area (Å²) in [5.41, 5.74) is 9.72. The van der Waals surface area contributed by atoms with Crippen LogP contribution in [0.4, 0.5) is 0 Å². The molecule has 0 atom stereocenters. The van der Waals surface area contributed by atoms with Crippen LogP contribution in [0.1, 0.15) is 0 Å². The zero-order chi connectivity index (χ0) is 35.3. The fraction of sp³-hybridized carbons (Fsp3) is 0. The standard InChI is InChI=1S/C49H28N4O/c1-2-14-29(15-3-1)46-35-21-8-11-23-39(35)51-49(52-46)53-41-24-12-9-17-31(41)38-28-37(30-16-4-7-20-34(30)48(38)53)47-33-19-6-5-18-32(33)44-40(50-47)26-27-43-45(44)36-22-10-13-25-42(36)54-43/h1-28H. The highest BCUT2D eigenvalue weighted by atomic mass is 16.3. The van der Waals surface area contributed by atoms with E-state index >= 15 is 0 Å². The summed E-state index contributed by atoms with van der Waals surface area (Å²) in [5.74, 6) is 0.641. The quantitative estimate of drug-likeness (QED) is 0.173. The third-order valence-electron chi connectivity index (χ3n) is 11.0. The van der Waals surface area contributed by atoms with E-state index in [1.54, 1.807) is 0 Å².